The van der Waals surface area contributed by atoms with E-state index in [-0.39, 0.29) is 17.0 Å². The summed E-state index contributed by atoms with van der Waals surface area (Å²) in [4.78, 5) is 25.4. The maximum Gasteiger partial charge on any atom is 0.259 e. The number of pyridine rings is 1. The zero-order valence-corrected chi connectivity index (χ0v) is 18.5. The Bertz CT molecular complexity index is 1260. The third-order valence-corrected chi connectivity index (χ3v) is 7.01. The first kappa shape index (κ1) is 22.5. The van der Waals surface area contributed by atoms with Crippen LogP contribution in [0.4, 0.5) is 5.69 Å². The number of carbonyl (C=O) groups excluding carboxylic acids is 1. The molecule has 3 rings (SSSR count). The lowest BCUT2D eigenvalue weighted by Crippen LogP contribution is -2.30. The fourth-order valence-corrected chi connectivity index (χ4v) is 4.82. The molecule has 0 spiro atoms. The number of aromatic nitrogens is 1. The van der Waals surface area contributed by atoms with Gasteiger partial charge in [-0.05, 0) is 41.8 Å². The number of hydrogen-bond acceptors (Lipinski definition) is 5. The summed E-state index contributed by atoms with van der Waals surface area (Å²) in [5.41, 5.74) is 0.0261. The Labute approximate surface area is 181 Å². The summed E-state index contributed by atoms with van der Waals surface area (Å²) in [7, 11) is -2.12. The average Bonchev–Trinajstić information content (AvgIpc) is 2.76. The second-order valence-corrected chi connectivity index (χ2v) is 8.81. The number of methoxy groups -OCH3 is 1. The lowest BCUT2D eigenvalue weighted by Gasteiger charge is -2.19. The van der Waals surface area contributed by atoms with Crippen LogP contribution in [-0.4, -0.2) is 43.4 Å². The van der Waals surface area contributed by atoms with Gasteiger partial charge in [-0.15, -0.1) is 0 Å². The van der Waals surface area contributed by atoms with Gasteiger partial charge in [0.25, 0.3) is 5.56 Å². The Morgan fingerprint density at radius 2 is 1.84 bits per heavy atom. The molecular weight excluding hydrogens is 418 g/mol. The minimum absolute atomic E-state index is 0.101. The van der Waals surface area contributed by atoms with Crippen molar-refractivity contribution in [2.75, 3.05) is 25.5 Å². The normalized spacial score (nSPS) is 11.6. The summed E-state index contributed by atoms with van der Waals surface area (Å²) in [6.07, 6.45) is 1.55. The van der Waals surface area contributed by atoms with Crippen LogP contribution >= 0.6 is 0 Å². The van der Waals surface area contributed by atoms with E-state index in [1.807, 2.05) is 0 Å². The van der Waals surface area contributed by atoms with Crippen LogP contribution in [-0.2, 0) is 21.4 Å². The van der Waals surface area contributed by atoms with Crippen molar-refractivity contribution in [2.45, 2.75) is 25.3 Å². The van der Waals surface area contributed by atoms with Crippen molar-refractivity contribution in [3.05, 3.63) is 65.1 Å². The van der Waals surface area contributed by atoms with E-state index >= 15 is 0 Å². The van der Waals surface area contributed by atoms with Crippen LogP contribution in [0.2, 0.25) is 0 Å². The molecule has 164 valence electrons. The lowest BCUT2D eigenvalue weighted by molar-refractivity contribution is -0.116. The van der Waals surface area contributed by atoms with E-state index in [1.54, 1.807) is 56.4 Å². The van der Waals surface area contributed by atoms with Crippen molar-refractivity contribution in [1.82, 2.24) is 8.87 Å². The van der Waals surface area contributed by atoms with E-state index in [0.717, 1.165) is 5.39 Å². The van der Waals surface area contributed by atoms with Gasteiger partial charge in [-0.2, -0.15) is 4.31 Å². The van der Waals surface area contributed by atoms with Crippen LogP contribution in [0.3, 0.4) is 0 Å². The fraction of sp³-hybridized carbons (Fsp3) is 0.273. The van der Waals surface area contributed by atoms with Gasteiger partial charge in [-0.25, -0.2) is 8.42 Å². The van der Waals surface area contributed by atoms with Crippen molar-refractivity contribution < 1.29 is 17.9 Å². The molecule has 2 aromatic carbocycles. The molecule has 1 heterocycles. The molecule has 0 saturated carbocycles. The highest BCUT2D eigenvalue weighted by Crippen LogP contribution is 2.20. The molecule has 0 atom stereocenters. The van der Waals surface area contributed by atoms with Gasteiger partial charge in [0, 0.05) is 25.0 Å². The molecular formula is C22H25N3O5S. The third kappa shape index (κ3) is 4.78. The topological polar surface area (TPSA) is 97.7 Å². The van der Waals surface area contributed by atoms with Gasteiger partial charge in [-0.3, -0.25) is 9.59 Å². The van der Waals surface area contributed by atoms with Crippen LogP contribution < -0.4 is 15.6 Å². The molecule has 8 nitrogen and oxygen atoms in total. The standard InChI is InChI=1S/C22H25N3O5S/c1-4-25(5-2)31(28,29)19-8-6-7-17(13-19)23-21(26)15-24-12-11-16-9-10-18(30-3)14-20(16)22(24)27/h6-14H,4-5,15H2,1-3H3,(H,23,26). The quantitative estimate of drug-likeness (QED) is 0.577. The molecule has 0 unspecified atom stereocenters. The van der Waals surface area contributed by atoms with E-state index in [4.69, 9.17) is 4.74 Å². The van der Waals surface area contributed by atoms with E-state index < -0.39 is 15.9 Å². The largest absolute Gasteiger partial charge is 0.497 e. The molecule has 31 heavy (non-hydrogen) atoms. The first-order valence-corrected chi connectivity index (χ1v) is 11.3. The van der Waals surface area contributed by atoms with Crippen molar-refractivity contribution >= 4 is 32.4 Å². The Morgan fingerprint density at radius 1 is 1.10 bits per heavy atom. The average molecular weight is 444 g/mol. The van der Waals surface area contributed by atoms with Gasteiger partial charge in [0.2, 0.25) is 15.9 Å². The van der Waals surface area contributed by atoms with Gasteiger partial charge in [0.15, 0.2) is 0 Å². The molecule has 0 aliphatic rings. The van der Waals surface area contributed by atoms with E-state index in [0.29, 0.717) is 29.9 Å². The van der Waals surface area contributed by atoms with Gasteiger partial charge in [-0.1, -0.05) is 26.0 Å². The highest BCUT2D eigenvalue weighted by atomic mass is 32.2. The van der Waals surface area contributed by atoms with Crippen molar-refractivity contribution in [3.63, 3.8) is 0 Å². The maximum atomic E-state index is 12.8. The van der Waals surface area contributed by atoms with Gasteiger partial charge < -0.3 is 14.6 Å². The number of fused-ring (bicyclic) bond motifs is 1. The summed E-state index contributed by atoms with van der Waals surface area (Å²) >= 11 is 0. The molecule has 1 amide bonds. The Morgan fingerprint density at radius 3 is 2.52 bits per heavy atom. The Kier molecular flexibility index (Phi) is 6.77. The summed E-state index contributed by atoms with van der Waals surface area (Å²) in [5.74, 6) is 0.111. The predicted molar refractivity (Wildman–Crippen MR) is 120 cm³/mol. The molecule has 0 aliphatic heterocycles. The number of nitrogens with zero attached hydrogens (tertiary/aromatic N) is 2. The Balaban J connectivity index is 1.82. The van der Waals surface area contributed by atoms with E-state index in [2.05, 4.69) is 5.32 Å². The highest BCUT2D eigenvalue weighted by molar-refractivity contribution is 7.89. The molecule has 0 bridgehead atoms. The van der Waals surface area contributed by atoms with Gasteiger partial charge in [0.1, 0.15) is 12.3 Å². The molecule has 0 aliphatic carbocycles. The molecule has 0 radical (unpaired) electrons. The number of ether oxygens (including phenoxy) is 1. The van der Waals surface area contributed by atoms with E-state index in [1.165, 1.54) is 28.1 Å². The molecule has 3 aromatic rings. The molecule has 9 heteroatoms. The number of hydrogen-bond donors (Lipinski definition) is 1. The summed E-state index contributed by atoms with van der Waals surface area (Å²) in [6.45, 7) is 4.03. The first-order valence-electron chi connectivity index (χ1n) is 9.87. The number of benzene rings is 2. The van der Waals surface area contributed by atoms with Crippen molar-refractivity contribution in [3.8, 4) is 5.75 Å². The number of amides is 1. The SMILES string of the molecule is CCN(CC)S(=O)(=O)c1cccc(NC(=O)Cn2ccc3ccc(OC)cc3c2=O)c1. The van der Waals surface area contributed by atoms with Crippen LogP contribution in [0.25, 0.3) is 10.8 Å². The summed E-state index contributed by atoms with van der Waals surface area (Å²) in [6, 6.07) is 13.0. The molecule has 0 fully saturated rings. The van der Waals surface area contributed by atoms with Crippen LogP contribution in [0.5, 0.6) is 5.75 Å². The Hall–Kier alpha value is -3.17. The van der Waals surface area contributed by atoms with Crippen molar-refractivity contribution in [1.29, 1.82) is 0 Å². The smallest absolute Gasteiger partial charge is 0.259 e. The van der Waals surface area contributed by atoms with Gasteiger partial charge in [0.05, 0.1) is 17.4 Å². The van der Waals surface area contributed by atoms with Crippen LogP contribution in [0, 0.1) is 0 Å². The highest BCUT2D eigenvalue weighted by Gasteiger charge is 2.22. The number of sulfonamides is 1. The maximum absolute atomic E-state index is 12.8. The number of anilines is 1. The minimum atomic E-state index is -3.64. The lowest BCUT2D eigenvalue weighted by atomic mass is 10.1. The zero-order valence-electron chi connectivity index (χ0n) is 17.7. The van der Waals surface area contributed by atoms with Crippen LogP contribution in [0.1, 0.15) is 13.8 Å². The first-order chi connectivity index (χ1) is 14.8. The minimum Gasteiger partial charge on any atom is -0.497 e. The monoisotopic (exact) mass is 443 g/mol. The zero-order chi connectivity index (χ0) is 22.6. The second-order valence-electron chi connectivity index (χ2n) is 6.87. The number of carbonyl (C=O) groups is 1. The molecule has 0 saturated heterocycles. The summed E-state index contributed by atoms with van der Waals surface area (Å²) < 4.78 is 33.2. The van der Waals surface area contributed by atoms with Gasteiger partial charge >= 0.3 is 0 Å². The van der Waals surface area contributed by atoms with Crippen LogP contribution in [0.15, 0.2) is 64.4 Å². The second kappa shape index (κ2) is 9.32. The number of nitrogens with one attached hydrogen (secondary N) is 1. The predicted octanol–water partition coefficient (Wildman–Crippen LogP) is 2.68. The van der Waals surface area contributed by atoms with E-state index in [9.17, 15) is 18.0 Å². The molecule has 1 aromatic heterocycles. The third-order valence-electron chi connectivity index (χ3n) is 4.96. The molecule has 1 N–H and O–H groups in total. The number of rotatable bonds is 8. The fourth-order valence-electron chi connectivity index (χ4n) is 3.31. The van der Waals surface area contributed by atoms with Crippen molar-refractivity contribution in [2.24, 2.45) is 0 Å². The summed E-state index contributed by atoms with van der Waals surface area (Å²) in [5, 5.41) is 3.86.